The van der Waals surface area contributed by atoms with E-state index in [-0.39, 0.29) is 11.1 Å². The summed E-state index contributed by atoms with van der Waals surface area (Å²) < 4.78 is 0.357. The molecular weight excluding hydrogens is 306 g/mol. The van der Waals surface area contributed by atoms with Gasteiger partial charge in [-0.25, -0.2) is 4.79 Å². The predicted octanol–water partition coefficient (Wildman–Crippen LogP) is 0.417. The highest BCUT2D eigenvalue weighted by Crippen LogP contribution is 2.24. The van der Waals surface area contributed by atoms with Gasteiger partial charge < -0.3 is 21.1 Å². The van der Waals surface area contributed by atoms with E-state index in [1.54, 1.807) is 0 Å². The molecule has 18 heavy (non-hydrogen) atoms. The van der Waals surface area contributed by atoms with Crippen molar-refractivity contribution < 1.29 is 24.9 Å². The molecule has 7 heteroatoms. The van der Waals surface area contributed by atoms with Crippen LogP contribution in [0.1, 0.15) is 28.4 Å². The molecule has 1 rings (SSSR count). The molecule has 0 aliphatic rings. The van der Waals surface area contributed by atoms with E-state index in [1.165, 1.54) is 18.2 Å². The second-order valence-corrected chi connectivity index (χ2v) is 4.58. The average Bonchev–Trinajstić information content (AvgIpc) is 2.27. The molecule has 0 radical (unpaired) electrons. The van der Waals surface area contributed by atoms with Crippen molar-refractivity contribution in [3.8, 4) is 0 Å². The number of aliphatic hydroxyl groups is 2. The summed E-state index contributed by atoms with van der Waals surface area (Å²) in [5, 5.41) is 28.2. The minimum atomic E-state index is -1.37. The number of benzene rings is 1. The van der Waals surface area contributed by atoms with Crippen molar-refractivity contribution in [1.29, 1.82) is 0 Å². The van der Waals surface area contributed by atoms with Crippen molar-refractivity contribution in [2.24, 2.45) is 5.73 Å². The van der Waals surface area contributed by atoms with E-state index in [9.17, 15) is 19.8 Å². The molecule has 2 atom stereocenters. The van der Waals surface area contributed by atoms with Crippen LogP contribution in [0, 0.1) is 0 Å². The molecule has 0 heterocycles. The lowest BCUT2D eigenvalue weighted by Crippen LogP contribution is -2.25. The third kappa shape index (κ3) is 3.52. The van der Waals surface area contributed by atoms with Gasteiger partial charge in [0.25, 0.3) is 0 Å². The fourth-order valence-electron chi connectivity index (χ4n) is 1.43. The summed E-state index contributed by atoms with van der Waals surface area (Å²) in [7, 11) is 0. The summed E-state index contributed by atoms with van der Waals surface area (Å²) in [5.41, 5.74) is 5.05. The Kier molecular flexibility index (Phi) is 4.83. The normalized spacial score (nSPS) is 13.9. The van der Waals surface area contributed by atoms with Crippen LogP contribution in [-0.4, -0.2) is 33.3 Å². The van der Waals surface area contributed by atoms with Crippen LogP contribution in [0.5, 0.6) is 0 Å². The standard InChI is InChI=1S/C11H12BrNO5/c12-7-2-1-5(3-6(7)11(17)18)10(16)8(14)4-9(13)15/h1-3,8,10,14,16H,4H2,(H2,13,15)(H,17,18). The molecule has 1 amide bonds. The highest BCUT2D eigenvalue weighted by atomic mass is 79.9. The maximum atomic E-state index is 10.9. The van der Waals surface area contributed by atoms with Crippen LogP contribution >= 0.6 is 15.9 Å². The topological polar surface area (TPSA) is 121 Å². The van der Waals surface area contributed by atoms with Crippen molar-refractivity contribution in [1.82, 2.24) is 0 Å². The summed E-state index contributed by atoms with van der Waals surface area (Å²) in [6, 6.07) is 4.12. The van der Waals surface area contributed by atoms with Gasteiger partial charge in [-0.15, -0.1) is 0 Å². The van der Waals surface area contributed by atoms with Crippen molar-refractivity contribution in [2.45, 2.75) is 18.6 Å². The lowest BCUT2D eigenvalue weighted by molar-refractivity contribution is -0.121. The average molecular weight is 318 g/mol. The fourth-order valence-corrected chi connectivity index (χ4v) is 1.85. The number of primary amides is 1. The quantitative estimate of drug-likeness (QED) is 0.627. The number of aromatic carboxylic acids is 1. The van der Waals surface area contributed by atoms with E-state index in [0.717, 1.165) is 0 Å². The van der Waals surface area contributed by atoms with Gasteiger partial charge in [-0.2, -0.15) is 0 Å². The van der Waals surface area contributed by atoms with Gasteiger partial charge in [-0.05, 0) is 33.6 Å². The van der Waals surface area contributed by atoms with Gasteiger partial charge in [-0.1, -0.05) is 6.07 Å². The monoisotopic (exact) mass is 317 g/mol. The van der Waals surface area contributed by atoms with Crippen LogP contribution < -0.4 is 5.73 Å². The number of hydrogen-bond acceptors (Lipinski definition) is 4. The number of halogens is 1. The number of rotatable bonds is 5. The SMILES string of the molecule is NC(=O)CC(O)C(O)c1ccc(Br)c(C(=O)O)c1. The van der Waals surface area contributed by atoms with Crippen molar-refractivity contribution in [2.75, 3.05) is 0 Å². The highest BCUT2D eigenvalue weighted by molar-refractivity contribution is 9.10. The molecule has 0 bridgehead atoms. The second-order valence-electron chi connectivity index (χ2n) is 3.73. The van der Waals surface area contributed by atoms with Crippen LogP contribution in [0.4, 0.5) is 0 Å². The van der Waals surface area contributed by atoms with Crippen LogP contribution in [0.2, 0.25) is 0 Å². The third-order valence-corrected chi connectivity index (χ3v) is 3.03. The van der Waals surface area contributed by atoms with Gasteiger partial charge in [-0.3, -0.25) is 4.79 Å². The van der Waals surface area contributed by atoms with Gasteiger partial charge in [0.2, 0.25) is 5.91 Å². The first-order chi connectivity index (χ1) is 8.32. The molecule has 2 unspecified atom stereocenters. The summed E-state index contributed by atoms with van der Waals surface area (Å²) in [6.45, 7) is 0. The van der Waals surface area contributed by atoms with E-state index in [1.807, 2.05) is 0 Å². The molecule has 0 aliphatic heterocycles. The Morgan fingerprint density at radius 3 is 2.44 bits per heavy atom. The first-order valence-electron chi connectivity index (χ1n) is 5.00. The minimum Gasteiger partial charge on any atom is -0.478 e. The molecule has 0 fully saturated rings. The van der Waals surface area contributed by atoms with Crippen molar-refractivity contribution >= 4 is 27.8 Å². The molecule has 1 aromatic carbocycles. The zero-order valence-corrected chi connectivity index (χ0v) is 10.8. The molecular formula is C11H12BrNO5. The zero-order chi connectivity index (χ0) is 13.9. The number of carboxylic acids is 1. The van der Waals surface area contributed by atoms with Gasteiger partial charge in [0.1, 0.15) is 6.10 Å². The smallest absolute Gasteiger partial charge is 0.336 e. The highest BCUT2D eigenvalue weighted by Gasteiger charge is 2.22. The largest absolute Gasteiger partial charge is 0.478 e. The summed E-state index contributed by atoms with van der Waals surface area (Å²) >= 11 is 3.06. The Bertz CT molecular complexity index is 477. The number of aliphatic hydroxyl groups excluding tert-OH is 2. The lowest BCUT2D eigenvalue weighted by atomic mass is 10.00. The molecule has 5 N–H and O–H groups in total. The van der Waals surface area contributed by atoms with Crippen LogP contribution in [0.15, 0.2) is 22.7 Å². The van der Waals surface area contributed by atoms with Gasteiger partial charge in [0, 0.05) is 4.47 Å². The first kappa shape index (κ1) is 14.6. The van der Waals surface area contributed by atoms with Gasteiger partial charge >= 0.3 is 5.97 Å². The Morgan fingerprint density at radius 1 is 1.33 bits per heavy atom. The number of amides is 1. The number of hydrogen-bond donors (Lipinski definition) is 4. The zero-order valence-electron chi connectivity index (χ0n) is 9.21. The fraction of sp³-hybridized carbons (Fsp3) is 0.273. The molecule has 1 aromatic rings. The first-order valence-corrected chi connectivity index (χ1v) is 5.79. The lowest BCUT2D eigenvalue weighted by Gasteiger charge is -2.17. The Hall–Kier alpha value is -1.44. The Morgan fingerprint density at radius 2 is 1.94 bits per heavy atom. The third-order valence-electron chi connectivity index (χ3n) is 2.34. The van der Waals surface area contributed by atoms with Crippen LogP contribution in [-0.2, 0) is 4.79 Å². The van der Waals surface area contributed by atoms with E-state index in [4.69, 9.17) is 10.8 Å². The van der Waals surface area contributed by atoms with E-state index < -0.39 is 30.5 Å². The molecule has 0 spiro atoms. The summed E-state index contributed by atoms with van der Waals surface area (Å²) in [6.07, 6.45) is -3.14. The molecule has 0 aliphatic carbocycles. The van der Waals surface area contributed by atoms with Crippen LogP contribution in [0.3, 0.4) is 0 Å². The number of carbonyl (C=O) groups is 2. The molecule has 6 nitrogen and oxygen atoms in total. The van der Waals surface area contributed by atoms with Gasteiger partial charge in [0.15, 0.2) is 0 Å². The summed E-state index contributed by atoms with van der Waals surface area (Å²) in [5.74, 6) is -1.92. The number of carbonyl (C=O) groups excluding carboxylic acids is 1. The summed E-state index contributed by atoms with van der Waals surface area (Å²) in [4.78, 5) is 21.5. The second kappa shape index (κ2) is 5.94. The maximum Gasteiger partial charge on any atom is 0.336 e. The number of carboxylic acid groups (broad SMARTS) is 1. The molecule has 0 saturated heterocycles. The van der Waals surface area contributed by atoms with E-state index in [0.29, 0.717) is 4.47 Å². The maximum absolute atomic E-state index is 10.9. The molecule has 0 saturated carbocycles. The van der Waals surface area contributed by atoms with Crippen molar-refractivity contribution in [3.63, 3.8) is 0 Å². The molecule has 98 valence electrons. The van der Waals surface area contributed by atoms with E-state index >= 15 is 0 Å². The van der Waals surface area contributed by atoms with E-state index in [2.05, 4.69) is 15.9 Å². The molecule has 0 aromatic heterocycles. The Balaban J connectivity index is 2.99. The predicted molar refractivity (Wildman–Crippen MR) is 65.9 cm³/mol. The van der Waals surface area contributed by atoms with Crippen LogP contribution in [0.25, 0.3) is 0 Å². The number of nitrogens with two attached hydrogens (primary N) is 1. The van der Waals surface area contributed by atoms with Crippen molar-refractivity contribution in [3.05, 3.63) is 33.8 Å². The Labute approximate surface area is 111 Å². The minimum absolute atomic E-state index is 0.0437. The van der Waals surface area contributed by atoms with Gasteiger partial charge in [0.05, 0.1) is 18.1 Å².